The molecule has 0 amide bonds. The third kappa shape index (κ3) is 60.0. The molecule has 0 aromatic carbocycles. The summed E-state index contributed by atoms with van der Waals surface area (Å²) >= 11 is 0. The van der Waals surface area contributed by atoms with Crippen molar-refractivity contribution in [3.05, 3.63) is 85.1 Å². The molecule has 0 aliphatic rings. The van der Waals surface area contributed by atoms with E-state index in [1.807, 2.05) is 21.1 Å². The van der Waals surface area contributed by atoms with Gasteiger partial charge in [0.1, 0.15) is 13.2 Å². The molecule has 9 nitrogen and oxygen atoms in total. The van der Waals surface area contributed by atoms with Crippen molar-refractivity contribution < 1.29 is 42.9 Å². The van der Waals surface area contributed by atoms with Gasteiger partial charge in [0.2, 0.25) is 0 Å². The Labute approximate surface area is 474 Å². The summed E-state index contributed by atoms with van der Waals surface area (Å²) in [6.07, 6.45) is 75.4. The van der Waals surface area contributed by atoms with Crippen molar-refractivity contribution in [1.29, 1.82) is 0 Å². The molecule has 0 spiro atoms. The lowest BCUT2D eigenvalue weighted by atomic mass is 10.0. The summed E-state index contributed by atoms with van der Waals surface area (Å²) in [7, 11) is 5.91. The topological polar surface area (TPSA) is 111 Å². The molecule has 0 saturated heterocycles. The third-order valence-corrected chi connectivity index (χ3v) is 13.6. The maximum atomic E-state index is 12.8. The summed E-state index contributed by atoms with van der Waals surface area (Å²) in [5.41, 5.74) is 0. The van der Waals surface area contributed by atoms with Crippen molar-refractivity contribution in [2.75, 3.05) is 47.5 Å². The van der Waals surface area contributed by atoms with Crippen molar-refractivity contribution >= 4 is 17.9 Å². The molecule has 0 fully saturated rings. The van der Waals surface area contributed by atoms with Gasteiger partial charge in [0.25, 0.3) is 0 Å². The fraction of sp³-hybridized carbons (Fsp3) is 0.750. The molecule has 0 aromatic heterocycles. The van der Waals surface area contributed by atoms with Gasteiger partial charge in [-0.05, 0) is 89.9 Å². The Bertz CT molecular complexity index is 1540. The van der Waals surface area contributed by atoms with Crippen LogP contribution in [0.1, 0.15) is 271 Å². The minimum Gasteiger partial charge on any atom is -0.545 e. The zero-order valence-corrected chi connectivity index (χ0v) is 50.6. The van der Waals surface area contributed by atoms with Gasteiger partial charge in [-0.15, -0.1) is 0 Å². The van der Waals surface area contributed by atoms with E-state index in [1.54, 1.807) is 0 Å². The predicted molar refractivity (Wildman–Crippen MR) is 324 cm³/mol. The Kier molecular flexibility index (Phi) is 55.9. The van der Waals surface area contributed by atoms with Crippen LogP contribution in [0.3, 0.4) is 0 Å². The molecule has 0 N–H and O–H groups in total. The second kappa shape index (κ2) is 58.6. The van der Waals surface area contributed by atoms with Gasteiger partial charge >= 0.3 is 11.9 Å². The second-order valence-corrected chi connectivity index (χ2v) is 22.3. The van der Waals surface area contributed by atoms with Gasteiger partial charge in [0, 0.05) is 12.8 Å². The number of hydrogen-bond acceptors (Lipinski definition) is 8. The van der Waals surface area contributed by atoms with Gasteiger partial charge in [-0.3, -0.25) is 9.59 Å². The maximum absolute atomic E-state index is 12.8. The molecular formula is C68H119NO8. The quantitative estimate of drug-likeness (QED) is 0.0195. The number of likely N-dealkylation sites (N-methyl/N-ethyl adjacent to an activating group) is 1. The number of unbranched alkanes of at least 4 members (excludes halogenated alkanes) is 29. The lowest BCUT2D eigenvalue weighted by molar-refractivity contribution is -0.870. The number of ether oxygens (including phenoxy) is 4. The standard InChI is InChI=1S/C68H119NO8/c1-6-8-10-12-14-16-18-20-22-23-24-25-26-27-28-29-30-31-32-33-34-35-36-37-38-39-40-41-42-43-45-46-48-50-52-54-56-58-65(70)75-62-64(63-76-68(67(72)73)74-61-60-69(3,4)5)77-66(71)59-57-55-53-51-49-47-44-21-19-17-15-13-11-9-7-2/h9,11,15,17-18,20-21,23-24,26-27,44,49,51,64,68H,6-8,10,12-14,16,19,22,25,28-43,45-48,50,52-63H2,1-5H3/b11-9-,17-15-,20-18-,24-23-,27-26-,44-21-,51-49-. The van der Waals surface area contributed by atoms with Crippen LogP contribution in [0.5, 0.6) is 0 Å². The highest BCUT2D eigenvalue weighted by Gasteiger charge is 2.22. The fourth-order valence-electron chi connectivity index (χ4n) is 8.77. The Morgan fingerprint density at radius 1 is 0.403 bits per heavy atom. The van der Waals surface area contributed by atoms with Crippen molar-refractivity contribution in [2.45, 2.75) is 283 Å². The van der Waals surface area contributed by atoms with Crippen LogP contribution >= 0.6 is 0 Å². The van der Waals surface area contributed by atoms with Crippen molar-refractivity contribution in [2.24, 2.45) is 0 Å². The van der Waals surface area contributed by atoms with E-state index in [0.717, 1.165) is 70.6 Å². The molecule has 77 heavy (non-hydrogen) atoms. The number of carboxylic acid groups (broad SMARTS) is 1. The zero-order chi connectivity index (χ0) is 56.2. The first-order valence-electron chi connectivity index (χ1n) is 31.7. The van der Waals surface area contributed by atoms with Crippen LogP contribution in [0, 0.1) is 0 Å². The Hall–Kier alpha value is -3.53. The monoisotopic (exact) mass is 1080 g/mol. The molecule has 0 rings (SSSR count). The molecular weight excluding hydrogens is 959 g/mol. The van der Waals surface area contributed by atoms with Gasteiger partial charge < -0.3 is 33.3 Å². The SMILES string of the molecule is CC/C=C\C/C=C\C/C=C\C/C=C\CCCCC(=O)OC(COC(=O)CCCCCCCCCCCCCCCCCCCCCCCC/C=C\C/C=C\C/C=C\CCCCCCC)COC(OCC[N+](C)(C)C)C(=O)[O-]. The van der Waals surface area contributed by atoms with E-state index in [1.165, 1.54) is 167 Å². The first kappa shape index (κ1) is 73.5. The highest BCUT2D eigenvalue weighted by Crippen LogP contribution is 2.17. The average Bonchev–Trinajstić information content (AvgIpc) is 3.40. The molecule has 444 valence electrons. The van der Waals surface area contributed by atoms with E-state index in [4.69, 9.17) is 18.9 Å². The molecule has 2 atom stereocenters. The van der Waals surface area contributed by atoms with Crippen LogP contribution in [0.25, 0.3) is 0 Å². The van der Waals surface area contributed by atoms with Crippen LogP contribution in [0.15, 0.2) is 85.1 Å². The van der Waals surface area contributed by atoms with E-state index >= 15 is 0 Å². The lowest BCUT2D eigenvalue weighted by Gasteiger charge is -2.26. The van der Waals surface area contributed by atoms with Crippen molar-refractivity contribution in [3.63, 3.8) is 0 Å². The van der Waals surface area contributed by atoms with Crippen LogP contribution < -0.4 is 5.11 Å². The normalized spacial score (nSPS) is 13.3. The number of allylic oxidation sites excluding steroid dienone is 14. The molecule has 0 heterocycles. The minimum absolute atomic E-state index is 0.137. The largest absolute Gasteiger partial charge is 0.545 e. The van der Waals surface area contributed by atoms with Gasteiger partial charge in [0.15, 0.2) is 12.4 Å². The maximum Gasteiger partial charge on any atom is 0.306 e. The summed E-state index contributed by atoms with van der Waals surface area (Å²) in [6, 6.07) is 0. The predicted octanol–water partition coefficient (Wildman–Crippen LogP) is 17.8. The number of rotatable bonds is 58. The van der Waals surface area contributed by atoms with Crippen LogP contribution in [-0.2, 0) is 33.3 Å². The number of esters is 2. The molecule has 0 bridgehead atoms. The number of carbonyl (C=O) groups excluding carboxylic acids is 3. The number of carboxylic acids is 1. The van der Waals surface area contributed by atoms with E-state index in [2.05, 4.69) is 98.9 Å². The molecule has 0 aliphatic heterocycles. The zero-order valence-electron chi connectivity index (χ0n) is 50.6. The molecule has 9 heteroatoms. The highest BCUT2D eigenvalue weighted by molar-refractivity contribution is 5.70. The summed E-state index contributed by atoms with van der Waals surface area (Å²) < 4.78 is 22.6. The first-order chi connectivity index (χ1) is 37.6. The Morgan fingerprint density at radius 2 is 0.740 bits per heavy atom. The van der Waals surface area contributed by atoms with Gasteiger partial charge in [-0.25, -0.2) is 0 Å². The minimum atomic E-state index is -1.63. The van der Waals surface area contributed by atoms with Crippen LogP contribution in [0.4, 0.5) is 0 Å². The number of carbonyl (C=O) groups is 3. The molecule has 0 radical (unpaired) electrons. The first-order valence-corrected chi connectivity index (χ1v) is 31.7. The van der Waals surface area contributed by atoms with Crippen molar-refractivity contribution in [1.82, 2.24) is 0 Å². The summed E-state index contributed by atoms with van der Waals surface area (Å²) in [5, 5.41) is 11.8. The van der Waals surface area contributed by atoms with Crippen LogP contribution in [0.2, 0.25) is 0 Å². The van der Waals surface area contributed by atoms with Gasteiger partial charge in [0.05, 0.1) is 40.3 Å². The number of nitrogens with zero attached hydrogens (tertiary/aromatic N) is 1. The van der Waals surface area contributed by atoms with Gasteiger partial charge in [-0.2, -0.15) is 0 Å². The Balaban J connectivity index is 4.02. The molecule has 0 aromatic rings. The van der Waals surface area contributed by atoms with E-state index in [9.17, 15) is 19.5 Å². The van der Waals surface area contributed by atoms with E-state index in [0.29, 0.717) is 17.4 Å². The fourth-order valence-corrected chi connectivity index (χ4v) is 8.77. The second-order valence-electron chi connectivity index (χ2n) is 22.3. The van der Waals surface area contributed by atoms with Crippen molar-refractivity contribution in [3.8, 4) is 0 Å². The lowest BCUT2D eigenvalue weighted by Crippen LogP contribution is -2.44. The molecule has 2 unspecified atom stereocenters. The summed E-state index contributed by atoms with van der Waals surface area (Å²) in [4.78, 5) is 37.2. The number of aliphatic carboxylic acids is 1. The number of hydrogen-bond donors (Lipinski definition) is 0. The highest BCUT2D eigenvalue weighted by atomic mass is 16.7. The number of quaternary nitrogens is 1. The third-order valence-electron chi connectivity index (χ3n) is 13.6. The van der Waals surface area contributed by atoms with E-state index in [-0.39, 0.29) is 38.6 Å². The molecule has 0 saturated carbocycles. The van der Waals surface area contributed by atoms with Crippen LogP contribution in [-0.4, -0.2) is 82.3 Å². The molecule has 0 aliphatic carbocycles. The van der Waals surface area contributed by atoms with E-state index < -0.39 is 24.3 Å². The summed E-state index contributed by atoms with van der Waals surface area (Å²) in [5.74, 6) is -2.34. The smallest absolute Gasteiger partial charge is 0.306 e. The average molecular weight is 1080 g/mol. The Morgan fingerprint density at radius 3 is 1.13 bits per heavy atom. The summed E-state index contributed by atoms with van der Waals surface area (Å²) in [6.45, 7) is 4.58. The van der Waals surface area contributed by atoms with Gasteiger partial charge in [-0.1, -0.05) is 253 Å².